The molecule has 0 bridgehead atoms. The average Bonchev–Trinajstić information content (AvgIpc) is 2.97. The molecule has 0 aliphatic carbocycles. The molecule has 3 rings (SSSR count). The van der Waals surface area contributed by atoms with Crippen LogP contribution in [-0.4, -0.2) is 43.8 Å². The molecule has 0 unspecified atom stereocenters. The minimum Gasteiger partial charge on any atom is -0.435 e. The first-order chi connectivity index (χ1) is 20.5. The minimum absolute atomic E-state index is 0.0504. The van der Waals surface area contributed by atoms with Crippen LogP contribution in [0, 0.1) is 0 Å². The van der Waals surface area contributed by atoms with Crippen LogP contribution in [0.2, 0.25) is 0 Å². The molecular formula is C33H34F5N3O2. The molecule has 0 aromatic heterocycles. The van der Waals surface area contributed by atoms with Crippen LogP contribution in [-0.2, 0) is 11.3 Å². The first-order valence-electron chi connectivity index (χ1n) is 13.4. The number of nitrogens with zero attached hydrogens (tertiary/aromatic N) is 2. The van der Waals surface area contributed by atoms with Crippen molar-refractivity contribution in [3.8, 4) is 5.75 Å². The van der Waals surface area contributed by atoms with E-state index < -0.39 is 13.0 Å². The van der Waals surface area contributed by atoms with Crippen molar-refractivity contribution in [2.45, 2.75) is 33.4 Å². The summed E-state index contributed by atoms with van der Waals surface area (Å²) >= 11 is 0. The molecule has 3 aromatic carbocycles. The van der Waals surface area contributed by atoms with Crippen LogP contribution in [0.25, 0.3) is 5.70 Å². The fourth-order valence-electron chi connectivity index (χ4n) is 4.16. The molecule has 10 heteroatoms. The molecule has 3 aromatic rings. The van der Waals surface area contributed by atoms with E-state index in [1.54, 1.807) is 32.2 Å². The van der Waals surface area contributed by atoms with E-state index in [1.165, 1.54) is 25.1 Å². The van der Waals surface area contributed by atoms with Gasteiger partial charge in [-0.15, -0.1) is 13.2 Å². The number of rotatable bonds is 13. The van der Waals surface area contributed by atoms with Crippen molar-refractivity contribution in [2.75, 3.05) is 20.1 Å². The maximum absolute atomic E-state index is 12.6. The quantitative estimate of drug-likeness (QED) is 0.0708. The van der Waals surface area contributed by atoms with Gasteiger partial charge in [0.15, 0.2) is 0 Å². The predicted octanol–water partition coefficient (Wildman–Crippen LogP) is 8.18. The van der Waals surface area contributed by atoms with Crippen LogP contribution in [0.15, 0.2) is 119 Å². The Hall–Kier alpha value is -4.44. The Labute approximate surface area is 248 Å². The lowest BCUT2D eigenvalue weighted by Crippen LogP contribution is -2.28. The molecule has 0 heterocycles. The summed E-state index contributed by atoms with van der Waals surface area (Å²) < 4.78 is 71.3. The molecule has 0 saturated carbocycles. The average molecular weight is 600 g/mol. The van der Waals surface area contributed by atoms with Gasteiger partial charge < -0.3 is 14.8 Å². The second-order valence-electron chi connectivity index (χ2n) is 9.58. The number of hydrogen-bond acceptors (Lipinski definition) is 4. The molecule has 1 N–H and O–H groups in total. The molecule has 0 aliphatic rings. The summed E-state index contributed by atoms with van der Waals surface area (Å²) in [4.78, 5) is 6.51. The van der Waals surface area contributed by atoms with Crippen molar-refractivity contribution >= 4 is 11.5 Å². The summed E-state index contributed by atoms with van der Waals surface area (Å²) in [5, 5.41) is 3.45. The molecule has 0 fully saturated rings. The Kier molecular flexibility index (Phi) is 12.5. The van der Waals surface area contributed by atoms with Crippen molar-refractivity contribution in [2.24, 2.45) is 4.99 Å². The molecule has 0 amide bonds. The SMILES string of the molecule is CN=C(N/C(=C/CN(C/C(C)=C/C=C(\C)OC(F)(F)F)Cc1ccc(OC(F)F)cc1)c1ccccc1)c1ccccc1. The van der Waals surface area contributed by atoms with Crippen LogP contribution >= 0.6 is 0 Å². The van der Waals surface area contributed by atoms with Gasteiger partial charge in [0.1, 0.15) is 17.3 Å². The first kappa shape index (κ1) is 33.1. The van der Waals surface area contributed by atoms with Crippen molar-refractivity contribution in [3.63, 3.8) is 0 Å². The number of alkyl halides is 5. The van der Waals surface area contributed by atoms with Crippen LogP contribution in [0.1, 0.15) is 30.5 Å². The van der Waals surface area contributed by atoms with E-state index in [0.29, 0.717) is 25.5 Å². The Morgan fingerprint density at radius 3 is 2.05 bits per heavy atom. The van der Waals surface area contributed by atoms with Crippen molar-refractivity contribution in [3.05, 3.63) is 131 Å². The minimum atomic E-state index is -4.76. The van der Waals surface area contributed by atoms with E-state index in [2.05, 4.69) is 24.7 Å². The molecule has 0 atom stereocenters. The zero-order valence-corrected chi connectivity index (χ0v) is 24.1. The van der Waals surface area contributed by atoms with Gasteiger partial charge in [-0.3, -0.25) is 9.89 Å². The lowest BCUT2D eigenvalue weighted by molar-refractivity contribution is -0.305. The smallest absolute Gasteiger partial charge is 0.435 e. The maximum Gasteiger partial charge on any atom is 0.572 e. The van der Waals surface area contributed by atoms with Gasteiger partial charge in [0.2, 0.25) is 0 Å². The fourth-order valence-corrected chi connectivity index (χ4v) is 4.16. The summed E-state index contributed by atoms with van der Waals surface area (Å²) in [6.07, 6.45) is 0.0958. The third kappa shape index (κ3) is 12.1. The number of allylic oxidation sites excluding steroid dienone is 3. The zero-order valence-electron chi connectivity index (χ0n) is 24.1. The third-order valence-electron chi connectivity index (χ3n) is 6.07. The molecule has 0 spiro atoms. The number of nitrogens with one attached hydrogen (secondary N) is 1. The van der Waals surface area contributed by atoms with Crippen molar-refractivity contribution < 1.29 is 31.4 Å². The van der Waals surface area contributed by atoms with Gasteiger partial charge in [0.05, 0.1) is 0 Å². The number of aliphatic imine (C=N–C) groups is 1. The van der Waals surface area contributed by atoms with Crippen LogP contribution < -0.4 is 10.1 Å². The van der Waals surface area contributed by atoms with E-state index >= 15 is 0 Å². The van der Waals surface area contributed by atoms with Gasteiger partial charge in [-0.2, -0.15) is 8.78 Å². The number of benzene rings is 3. The van der Waals surface area contributed by atoms with Crippen LogP contribution in [0.4, 0.5) is 22.0 Å². The largest absolute Gasteiger partial charge is 0.572 e. The lowest BCUT2D eigenvalue weighted by Gasteiger charge is -2.23. The summed E-state index contributed by atoms with van der Waals surface area (Å²) in [6, 6.07) is 25.8. The Bertz CT molecular complexity index is 1400. The van der Waals surface area contributed by atoms with Gasteiger partial charge in [-0.25, -0.2) is 0 Å². The molecule has 0 radical (unpaired) electrons. The second kappa shape index (κ2) is 16.3. The van der Waals surface area contributed by atoms with E-state index in [0.717, 1.165) is 28.0 Å². The summed E-state index contributed by atoms with van der Waals surface area (Å²) in [7, 11) is 1.71. The molecule has 0 saturated heterocycles. The van der Waals surface area contributed by atoms with Gasteiger partial charge in [0, 0.05) is 37.9 Å². The van der Waals surface area contributed by atoms with E-state index in [9.17, 15) is 22.0 Å². The second-order valence-corrected chi connectivity index (χ2v) is 9.58. The standard InChI is InChI=1S/C33H34F5N3O2/c1-24(14-15-25(2)43-33(36,37)38)22-41(23-26-16-18-29(19-17-26)42-32(34)35)21-20-30(27-10-6-4-7-11-27)40-31(39-3)28-12-8-5-9-13-28/h4-20,32H,21-23H2,1-3H3,(H,39,40)/b24-14+,25-15+,30-20+. The zero-order chi connectivity index (χ0) is 31.2. The Morgan fingerprint density at radius 2 is 1.49 bits per heavy atom. The van der Waals surface area contributed by atoms with E-state index in [-0.39, 0.29) is 11.5 Å². The maximum atomic E-state index is 12.6. The predicted molar refractivity (Wildman–Crippen MR) is 159 cm³/mol. The van der Waals surface area contributed by atoms with Crippen molar-refractivity contribution in [1.29, 1.82) is 0 Å². The first-order valence-corrected chi connectivity index (χ1v) is 13.4. The highest BCUT2D eigenvalue weighted by molar-refractivity contribution is 6.03. The van der Waals surface area contributed by atoms with Crippen molar-refractivity contribution in [1.82, 2.24) is 10.2 Å². The highest BCUT2D eigenvalue weighted by Crippen LogP contribution is 2.21. The number of hydrogen-bond donors (Lipinski definition) is 1. The number of ether oxygens (including phenoxy) is 2. The molecule has 5 nitrogen and oxygen atoms in total. The highest BCUT2D eigenvalue weighted by atomic mass is 19.4. The van der Waals surface area contributed by atoms with Gasteiger partial charge >= 0.3 is 13.0 Å². The summed E-state index contributed by atoms with van der Waals surface area (Å²) in [6.45, 7) is 1.38. The Morgan fingerprint density at radius 1 is 0.884 bits per heavy atom. The molecular weight excluding hydrogens is 565 g/mol. The van der Waals surface area contributed by atoms with Gasteiger partial charge in [-0.1, -0.05) is 84.4 Å². The molecule has 0 aliphatic heterocycles. The van der Waals surface area contributed by atoms with E-state index in [1.807, 2.05) is 66.7 Å². The van der Waals surface area contributed by atoms with E-state index in [4.69, 9.17) is 0 Å². The summed E-state index contributed by atoms with van der Waals surface area (Å²) in [5.74, 6) is 0.448. The van der Waals surface area contributed by atoms with Crippen LogP contribution in [0.3, 0.4) is 0 Å². The molecule has 228 valence electrons. The normalized spacial score (nSPS) is 13.4. The van der Waals surface area contributed by atoms with Gasteiger partial charge in [-0.05, 0) is 49.3 Å². The van der Waals surface area contributed by atoms with Crippen LogP contribution in [0.5, 0.6) is 5.75 Å². The number of halogens is 5. The monoisotopic (exact) mass is 599 g/mol. The third-order valence-corrected chi connectivity index (χ3v) is 6.07. The fraction of sp³-hybridized carbons (Fsp3) is 0.242. The molecule has 43 heavy (non-hydrogen) atoms. The number of amidine groups is 1. The Balaban J connectivity index is 1.89. The summed E-state index contributed by atoms with van der Waals surface area (Å²) in [5.41, 5.74) is 4.28. The van der Waals surface area contributed by atoms with Gasteiger partial charge in [0.25, 0.3) is 0 Å². The topological polar surface area (TPSA) is 46.1 Å². The highest BCUT2D eigenvalue weighted by Gasteiger charge is 2.30. The lowest BCUT2D eigenvalue weighted by atomic mass is 10.1.